The van der Waals surface area contributed by atoms with Gasteiger partial charge in [0.2, 0.25) is 0 Å². The van der Waals surface area contributed by atoms with Gasteiger partial charge in [-0.2, -0.15) is 13.2 Å². The van der Waals surface area contributed by atoms with E-state index >= 15 is 0 Å². The van der Waals surface area contributed by atoms with Gasteiger partial charge in [-0.25, -0.2) is 0 Å². The Bertz CT molecular complexity index is 944. The fourth-order valence-corrected chi connectivity index (χ4v) is 5.01. The zero-order valence-corrected chi connectivity index (χ0v) is 11.6. The highest BCUT2D eigenvalue weighted by Gasteiger charge is 2.30. The first-order valence-corrected chi connectivity index (χ1v) is 7.58. The van der Waals surface area contributed by atoms with E-state index in [1.54, 1.807) is 28.7 Å². The summed E-state index contributed by atoms with van der Waals surface area (Å²) in [5, 5.41) is 1.84. The molecule has 0 N–H and O–H groups in total. The first-order chi connectivity index (χ1) is 9.54. The van der Waals surface area contributed by atoms with Gasteiger partial charge in [-0.15, -0.1) is 22.7 Å². The van der Waals surface area contributed by atoms with Crippen molar-refractivity contribution < 1.29 is 13.2 Å². The SMILES string of the molecule is FC(F)(F)c1ccc2sc3c4ccccc4sc3c2c1. The standard InChI is InChI=1S/C15H7F3S2/c16-15(17,18)8-5-6-12-10(7-8)14-13(20-12)9-3-1-2-4-11(9)19-14/h1-7H. The lowest BCUT2D eigenvalue weighted by Gasteiger charge is -2.05. The van der Waals surface area contributed by atoms with Crippen molar-refractivity contribution in [3.63, 3.8) is 0 Å². The number of hydrogen-bond donors (Lipinski definition) is 0. The van der Waals surface area contributed by atoms with E-state index in [0.29, 0.717) is 5.39 Å². The van der Waals surface area contributed by atoms with Crippen LogP contribution in [-0.4, -0.2) is 0 Å². The monoisotopic (exact) mass is 308 g/mol. The maximum Gasteiger partial charge on any atom is 0.416 e. The molecule has 2 heterocycles. The van der Waals surface area contributed by atoms with E-state index in [9.17, 15) is 13.2 Å². The fraction of sp³-hybridized carbons (Fsp3) is 0.0667. The zero-order valence-electron chi connectivity index (χ0n) is 9.99. The predicted molar refractivity (Wildman–Crippen MR) is 79.7 cm³/mol. The smallest absolute Gasteiger partial charge is 0.166 e. The number of halogens is 3. The summed E-state index contributed by atoms with van der Waals surface area (Å²) in [4.78, 5) is 0. The van der Waals surface area contributed by atoms with Gasteiger partial charge in [0.25, 0.3) is 0 Å². The molecule has 0 bridgehead atoms. The Morgan fingerprint density at radius 1 is 0.750 bits per heavy atom. The first kappa shape index (κ1) is 12.2. The molecule has 2 aromatic heterocycles. The molecule has 0 aliphatic heterocycles. The second-order valence-corrected chi connectivity index (χ2v) is 6.67. The van der Waals surface area contributed by atoms with Crippen LogP contribution in [0.1, 0.15) is 5.56 Å². The molecule has 0 aliphatic rings. The lowest BCUT2D eigenvalue weighted by Crippen LogP contribution is -2.03. The van der Waals surface area contributed by atoms with Crippen LogP contribution in [0.5, 0.6) is 0 Å². The number of benzene rings is 2. The van der Waals surface area contributed by atoms with Crippen molar-refractivity contribution in [2.75, 3.05) is 0 Å². The lowest BCUT2D eigenvalue weighted by atomic mass is 10.1. The van der Waals surface area contributed by atoms with E-state index < -0.39 is 11.7 Å². The molecule has 100 valence electrons. The molecule has 0 aliphatic carbocycles. The molecule has 5 heteroatoms. The summed E-state index contributed by atoms with van der Waals surface area (Å²) in [6.07, 6.45) is -4.29. The zero-order chi connectivity index (χ0) is 13.9. The largest absolute Gasteiger partial charge is 0.416 e. The van der Waals surface area contributed by atoms with E-state index in [1.807, 2.05) is 24.3 Å². The van der Waals surface area contributed by atoms with Crippen LogP contribution in [0.3, 0.4) is 0 Å². The Balaban J connectivity index is 2.13. The molecular formula is C15H7F3S2. The molecule has 0 fully saturated rings. The van der Waals surface area contributed by atoms with Crippen molar-refractivity contribution in [2.45, 2.75) is 6.18 Å². The van der Waals surface area contributed by atoms with Gasteiger partial charge in [0.1, 0.15) is 0 Å². The normalized spacial score (nSPS) is 12.8. The van der Waals surface area contributed by atoms with Crippen LogP contribution in [-0.2, 0) is 6.18 Å². The molecule has 0 spiro atoms. The number of hydrogen-bond acceptors (Lipinski definition) is 2. The molecule has 4 rings (SSSR count). The molecule has 0 atom stereocenters. The summed E-state index contributed by atoms with van der Waals surface area (Å²) in [6.45, 7) is 0. The van der Waals surface area contributed by atoms with Crippen molar-refractivity contribution in [1.29, 1.82) is 0 Å². The number of rotatable bonds is 0. The van der Waals surface area contributed by atoms with E-state index in [1.165, 1.54) is 6.07 Å². The van der Waals surface area contributed by atoms with Crippen LogP contribution in [0.4, 0.5) is 13.2 Å². The summed E-state index contributed by atoms with van der Waals surface area (Å²) >= 11 is 3.12. The third kappa shape index (κ3) is 1.66. The Kier molecular flexibility index (Phi) is 2.41. The van der Waals surface area contributed by atoms with Crippen LogP contribution in [0.15, 0.2) is 42.5 Å². The summed E-state index contributed by atoms with van der Waals surface area (Å²) in [5.41, 5.74) is -0.581. The summed E-state index contributed by atoms with van der Waals surface area (Å²) in [7, 11) is 0. The molecular weight excluding hydrogens is 301 g/mol. The number of alkyl halides is 3. The highest BCUT2D eigenvalue weighted by atomic mass is 32.1. The second kappa shape index (κ2) is 3.96. The third-order valence-electron chi connectivity index (χ3n) is 3.31. The van der Waals surface area contributed by atoms with Gasteiger partial charge in [0.15, 0.2) is 0 Å². The van der Waals surface area contributed by atoms with Crippen molar-refractivity contribution in [1.82, 2.24) is 0 Å². The van der Waals surface area contributed by atoms with Gasteiger partial charge in [-0.05, 0) is 24.3 Å². The van der Waals surface area contributed by atoms with Crippen molar-refractivity contribution in [3.8, 4) is 0 Å². The van der Waals surface area contributed by atoms with Crippen LogP contribution in [0.2, 0.25) is 0 Å². The van der Waals surface area contributed by atoms with Gasteiger partial charge in [0, 0.05) is 20.2 Å². The maximum atomic E-state index is 12.8. The van der Waals surface area contributed by atoms with Crippen LogP contribution in [0, 0.1) is 0 Å². The average Bonchev–Trinajstić information content (AvgIpc) is 2.93. The van der Waals surface area contributed by atoms with Gasteiger partial charge in [-0.1, -0.05) is 18.2 Å². The van der Waals surface area contributed by atoms with Gasteiger partial charge < -0.3 is 0 Å². The van der Waals surface area contributed by atoms with Crippen LogP contribution >= 0.6 is 22.7 Å². The summed E-state index contributed by atoms with van der Waals surface area (Å²) in [5.74, 6) is 0. The molecule has 2 aromatic carbocycles. The average molecular weight is 308 g/mol. The van der Waals surface area contributed by atoms with Gasteiger partial charge >= 0.3 is 6.18 Å². The highest BCUT2D eigenvalue weighted by Crippen LogP contribution is 2.45. The molecule has 0 radical (unpaired) electrons. The predicted octanol–water partition coefficient (Wildman–Crippen LogP) is 6.29. The first-order valence-electron chi connectivity index (χ1n) is 5.95. The third-order valence-corrected chi connectivity index (χ3v) is 5.85. The Hall–Kier alpha value is -1.59. The Morgan fingerprint density at radius 2 is 1.40 bits per heavy atom. The van der Waals surface area contributed by atoms with Gasteiger partial charge in [-0.3, -0.25) is 0 Å². The summed E-state index contributed by atoms with van der Waals surface area (Å²) in [6, 6.07) is 11.9. The molecule has 20 heavy (non-hydrogen) atoms. The maximum absolute atomic E-state index is 12.8. The van der Waals surface area contributed by atoms with E-state index in [-0.39, 0.29) is 0 Å². The fourth-order valence-electron chi connectivity index (χ4n) is 2.38. The number of fused-ring (bicyclic) bond motifs is 5. The van der Waals surface area contributed by atoms with Crippen LogP contribution in [0.25, 0.3) is 29.6 Å². The molecule has 0 saturated carbocycles. The number of thiophene rings is 2. The molecule has 0 nitrogen and oxygen atoms in total. The minimum absolute atomic E-state index is 0.581. The minimum atomic E-state index is -4.29. The summed E-state index contributed by atoms with van der Waals surface area (Å²) < 4.78 is 42.6. The lowest BCUT2D eigenvalue weighted by molar-refractivity contribution is -0.137. The van der Waals surface area contributed by atoms with E-state index in [4.69, 9.17) is 0 Å². The van der Waals surface area contributed by atoms with Gasteiger partial charge in [0.05, 0.1) is 15.0 Å². The second-order valence-electron chi connectivity index (χ2n) is 4.57. The quantitative estimate of drug-likeness (QED) is 0.358. The molecule has 4 aromatic rings. The van der Waals surface area contributed by atoms with Crippen LogP contribution < -0.4 is 0 Å². The Morgan fingerprint density at radius 3 is 2.15 bits per heavy atom. The van der Waals surface area contributed by atoms with E-state index in [0.717, 1.165) is 30.3 Å². The van der Waals surface area contributed by atoms with Crippen molar-refractivity contribution in [3.05, 3.63) is 48.0 Å². The minimum Gasteiger partial charge on any atom is -0.166 e. The van der Waals surface area contributed by atoms with Crippen molar-refractivity contribution in [2.24, 2.45) is 0 Å². The Labute approximate surface area is 120 Å². The van der Waals surface area contributed by atoms with Crippen molar-refractivity contribution >= 4 is 52.2 Å². The highest BCUT2D eigenvalue weighted by molar-refractivity contribution is 7.36. The molecule has 0 unspecified atom stereocenters. The molecule has 0 saturated heterocycles. The van der Waals surface area contributed by atoms with E-state index in [2.05, 4.69) is 0 Å². The topological polar surface area (TPSA) is 0 Å². The molecule has 0 amide bonds.